The van der Waals surface area contributed by atoms with Gasteiger partial charge in [-0.2, -0.15) is 4.31 Å². The Labute approximate surface area is 126 Å². The topological polar surface area (TPSA) is 57.6 Å². The molecule has 2 rings (SSSR count). The van der Waals surface area contributed by atoms with Crippen LogP contribution in [0.1, 0.15) is 5.56 Å². The number of phenols is 1. The number of rotatable bonds is 4. The summed E-state index contributed by atoms with van der Waals surface area (Å²) in [4.78, 5) is 0.244. The Balaban J connectivity index is 2.23. The third-order valence-corrected chi connectivity index (χ3v) is 5.14. The fourth-order valence-corrected chi connectivity index (χ4v) is 3.51. The van der Waals surface area contributed by atoms with E-state index >= 15 is 0 Å². The van der Waals surface area contributed by atoms with Crippen molar-refractivity contribution in [1.82, 2.24) is 4.31 Å². The second-order valence-corrected chi connectivity index (χ2v) is 7.35. The zero-order chi connectivity index (χ0) is 14.8. The number of phenolic OH excluding ortho intramolecular Hbond substituents is 1. The second-order valence-electron chi connectivity index (χ2n) is 4.38. The van der Waals surface area contributed by atoms with E-state index in [4.69, 9.17) is 0 Å². The van der Waals surface area contributed by atoms with E-state index in [1.54, 1.807) is 36.4 Å². The van der Waals surface area contributed by atoms with E-state index in [2.05, 4.69) is 15.9 Å². The zero-order valence-electron chi connectivity index (χ0n) is 10.8. The Morgan fingerprint density at radius 1 is 1.15 bits per heavy atom. The molecule has 20 heavy (non-hydrogen) atoms. The molecule has 0 spiro atoms. The average Bonchev–Trinajstić information content (AvgIpc) is 2.41. The highest BCUT2D eigenvalue weighted by Crippen LogP contribution is 2.21. The lowest BCUT2D eigenvalue weighted by Gasteiger charge is -2.17. The number of benzene rings is 2. The van der Waals surface area contributed by atoms with Gasteiger partial charge in [0.2, 0.25) is 10.0 Å². The number of hydrogen-bond donors (Lipinski definition) is 1. The summed E-state index contributed by atoms with van der Waals surface area (Å²) in [5.41, 5.74) is 0.809. The van der Waals surface area contributed by atoms with Crippen molar-refractivity contribution in [2.24, 2.45) is 0 Å². The lowest BCUT2D eigenvalue weighted by molar-refractivity contribution is 0.463. The molecule has 2 aromatic rings. The molecule has 1 N–H and O–H groups in total. The van der Waals surface area contributed by atoms with Crippen LogP contribution in [0.4, 0.5) is 0 Å². The first-order valence-electron chi connectivity index (χ1n) is 5.89. The van der Waals surface area contributed by atoms with Crippen LogP contribution in [-0.2, 0) is 16.6 Å². The van der Waals surface area contributed by atoms with E-state index in [0.29, 0.717) is 0 Å². The van der Waals surface area contributed by atoms with E-state index in [0.717, 1.165) is 10.0 Å². The highest BCUT2D eigenvalue weighted by molar-refractivity contribution is 9.10. The molecule has 0 amide bonds. The van der Waals surface area contributed by atoms with Crippen molar-refractivity contribution >= 4 is 26.0 Å². The average molecular weight is 356 g/mol. The number of sulfonamides is 1. The maximum absolute atomic E-state index is 12.4. The number of hydrogen-bond acceptors (Lipinski definition) is 3. The number of nitrogens with zero attached hydrogens (tertiary/aromatic N) is 1. The Morgan fingerprint density at radius 2 is 1.80 bits per heavy atom. The maximum atomic E-state index is 12.4. The van der Waals surface area contributed by atoms with Gasteiger partial charge in [-0.15, -0.1) is 0 Å². The minimum absolute atomic E-state index is 0.159. The third-order valence-electron chi connectivity index (χ3n) is 2.85. The zero-order valence-corrected chi connectivity index (χ0v) is 13.2. The molecule has 0 aliphatic carbocycles. The largest absolute Gasteiger partial charge is 0.508 e. The molecular formula is C14H14BrNO3S. The van der Waals surface area contributed by atoms with Crippen molar-refractivity contribution in [2.45, 2.75) is 11.4 Å². The third kappa shape index (κ3) is 3.39. The first kappa shape index (κ1) is 15.0. The second kappa shape index (κ2) is 5.95. The predicted molar refractivity (Wildman–Crippen MR) is 80.9 cm³/mol. The minimum Gasteiger partial charge on any atom is -0.508 e. The Morgan fingerprint density at radius 3 is 2.40 bits per heavy atom. The molecule has 0 aliphatic rings. The molecule has 0 atom stereocenters. The lowest BCUT2D eigenvalue weighted by atomic mass is 10.2. The molecule has 0 bridgehead atoms. The van der Waals surface area contributed by atoms with Gasteiger partial charge in [0.15, 0.2) is 0 Å². The summed E-state index contributed by atoms with van der Waals surface area (Å²) in [5, 5.41) is 9.22. The van der Waals surface area contributed by atoms with Crippen molar-refractivity contribution in [3.8, 4) is 5.75 Å². The van der Waals surface area contributed by atoms with E-state index < -0.39 is 10.0 Å². The van der Waals surface area contributed by atoms with Gasteiger partial charge < -0.3 is 5.11 Å². The van der Waals surface area contributed by atoms with Gasteiger partial charge in [-0.05, 0) is 35.9 Å². The fourth-order valence-electron chi connectivity index (χ4n) is 1.75. The van der Waals surface area contributed by atoms with E-state index in [1.165, 1.54) is 23.5 Å². The summed E-state index contributed by atoms with van der Waals surface area (Å²) in [6, 6.07) is 13.1. The summed E-state index contributed by atoms with van der Waals surface area (Å²) < 4.78 is 26.8. The van der Waals surface area contributed by atoms with Gasteiger partial charge in [-0.1, -0.05) is 34.1 Å². The van der Waals surface area contributed by atoms with Crippen molar-refractivity contribution in [3.05, 3.63) is 58.6 Å². The highest BCUT2D eigenvalue weighted by Gasteiger charge is 2.20. The van der Waals surface area contributed by atoms with Gasteiger partial charge >= 0.3 is 0 Å². The Hall–Kier alpha value is -1.37. The predicted octanol–water partition coefficient (Wildman–Crippen LogP) is 2.98. The standard InChI is InChI=1S/C14H14BrNO3S/c1-16(10-11-5-7-13(17)8-6-11)20(18,19)14-4-2-3-12(15)9-14/h2-9,17H,10H2,1H3. The smallest absolute Gasteiger partial charge is 0.243 e. The maximum Gasteiger partial charge on any atom is 0.243 e. The van der Waals surface area contributed by atoms with Gasteiger partial charge in [0.1, 0.15) is 5.75 Å². The normalized spacial score (nSPS) is 11.8. The van der Waals surface area contributed by atoms with Gasteiger partial charge in [-0.25, -0.2) is 8.42 Å². The molecule has 0 heterocycles. The minimum atomic E-state index is -3.53. The van der Waals surface area contributed by atoms with Crippen LogP contribution in [0.2, 0.25) is 0 Å². The molecule has 0 saturated carbocycles. The van der Waals surface area contributed by atoms with Crippen molar-refractivity contribution in [1.29, 1.82) is 0 Å². The molecule has 0 radical (unpaired) electrons. The van der Waals surface area contributed by atoms with Crippen molar-refractivity contribution in [3.63, 3.8) is 0 Å². The molecule has 2 aromatic carbocycles. The van der Waals surface area contributed by atoms with Gasteiger partial charge in [0.05, 0.1) is 4.90 Å². The molecule has 0 aliphatic heterocycles. The molecule has 0 aromatic heterocycles. The number of halogens is 1. The summed E-state index contributed by atoms with van der Waals surface area (Å²) in [6.07, 6.45) is 0. The van der Waals surface area contributed by atoms with Crippen LogP contribution in [0.5, 0.6) is 5.75 Å². The van der Waals surface area contributed by atoms with Crippen LogP contribution in [0.3, 0.4) is 0 Å². The number of aromatic hydroxyl groups is 1. The summed E-state index contributed by atoms with van der Waals surface area (Å²) in [6.45, 7) is 0.245. The van der Waals surface area contributed by atoms with Crippen LogP contribution >= 0.6 is 15.9 Å². The molecule has 6 heteroatoms. The van der Waals surface area contributed by atoms with E-state index in [-0.39, 0.29) is 17.2 Å². The van der Waals surface area contributed by atoms with E-state index in [1.807, 2.05) is 0 Å². The van der Waals surface area contributed by atoms with Gasteiger partial charge in [0.25, 0.3) is 0 Å². The molecule has 4 nitrogen and oxygen atoms in total. The first-order valence-corrected chi connectivity index (χ1v) is 8.13. The summed E-state index contributed by atoms with van der Waals surface area (Å²) in [7, 11) is -2.00. The van der Waals surface area contributed by atoms with Crippen molar-refractivity contribution < 1.29 is 13.5 Å². The van der Waals surface area contributed by atoms with Crippen LogP contribution in [-0.4, -0.2) is 24.9 Å². The Kier molecular flexibility index (Phi) is 4.47. The molecule has 0 fully saturated rings. The Bertz CT molecular complexity index is 699. The molecule has 0 saturated heterocycles. The SMILES string of the molecule is CN(Cc1ccc(O)cc1)S(=O)(=O)c1cccc(Br)c1. The van der Waals surface area contributed by atoms with Crippen LogP contribution in [0.25, 0.3) is 0 Å². The lowest BCUT2D eigenvalue weighted by Crippen LogP contribution is -2.26. The fraction of sp³-hybridized carbons (Fsp3) is 0.143. The molecule has 0 unspecified atom stereocenters. The monoisotopic (exact) mass is 355 g/mol. The summed E-state index contributed by atoms with van der Waals surface area (Å²) in [5.74, 6) is 0.159. The van der Waals surface area contributed by atoms with Gasteiger partial charge in [0, 0.05) is 18.1 Å². The van der Waals surface area contributed by atoms with E-state index in [9.17, 15) is 13.5 Å². The summed E-state index contributed by atoms with van der Waals surface area (Å²) >= 11 is 3.27. The van der Waals surface area contributed by atoms with Crippen LogP contribution < -0.4 is 0 Å². The first-order chi connectivity index (χ1) is 9.39. The van der Waals surface area contributed by atoms with Gasteiger partial charge in [-0.3, -0.25) is 0 Å². The highest BCUT2D eigenvalue weighted by atomic mass is 79.9. The van der Waals surface area contributed by atoms with Crippen LogP contribution in [0, 0.1) is 0 Å². The molecular weight excluding hydrogens is 342 g/mol. The van der Waals surface area contributed by atoms with Crippen LogP contribution in [0.15, 0.2) is 57.9 Å². The molecule has 106 valence electrons. The van der Waals surface area contributed by atoms with Crippen molar-refractivity contribution in [2.75, 3.05) is 7.05 Å². The quantitative estimate of drug-likeness (QED) is 0.916.